The fourth-order valence-corrected chi connectivity index (χ4v) is 3.53. The van der Waals surface area contributed by atoms with E-state index in [-0.39, 0.29) is 12.5 Å². The van der Waals surface area contributed by atoms with Gasteiger partial charge in [0.25, 0.3) is 0 Å². The Morgan fingerprint density at radius 2 is 2.00 bits per heavy atom. The Hall–Kier alpha value is -1.76. The van der Waals surface area contributed by atoms with Crippen LogP contribution in [0.25, 0.3) is 0 Å². The van der Waals surface area contributed by atoms with Gasteiger partial charge in [0.15, 0.2) is 0 Å². The van der Waals surface area contributed by atoms with Crippen LogP contribution in [0.3, 0.4) is 0 Å². The number of amides is 1. The number of anilines is 1. The van der Waals surface area contributed by atoms with Crippen LogP contribution in [0, 0.1) is 0 Å². The van der Waals surface area contributed by atoms with E-state index in [1.165, 1.54) is 12.5 Å². The molecule has 0 aliphatic carbocycles. The van der Waals surface area contributed by atoms with Gasteiger partial charge in [0.05, 0.1) is 12.1 Å². The summed E-state index contributed by atoms with van der Waals surface area (Å²) in [7, 11) is 0. The molecule has 1 N–H and O–H groups in total. The summed E-state index contributed by atoms with van der Waals surface area (Å²) >= 11 is 0. The zero-order valence-corrected chi connectivity index (χ0v) is 13.5. The van der Waals surface area contributed by atoms with Crippen molar-refractivity contribution < 1.29 is 18.0 Å². The van der Waals surface area contributed by atoms with Gasteiger partial charge in [-0.3, -0.25) is 9.69 Å². The molecule has 2 saturated heterocycles. The molecule has 1 aromatic rings. The lowest BCUT2D eigenvalue weighted by atomic mass is 10.2. The number of carbonyl (C=O) groups is 1. The first kappa shape index (κ1) is 17.1. The van der Waals surface area contributed by atoms with E-state index in [9.17, 15) is 18.0 Å². The van der Waals surface area contributed by atoms with Gasteiger partial charge in [0.1, 0.15) is 0 Å². The van der Waals surface area contributed by atoms with Gasteiger partial charge < -0.3 is 10.2 Å². The number of nitrogens with zero attached hydrogens (tertiary/aromatic N) is 2. The fourth-order valence-electron chi connectivity index (χ4n) is 3.53. The highest BCUT2D eigenvalue weighted by Gasteiger charge is 2.31. The second-order valence-electron chi connectivity index (χ2n) is 6.46. The average Bonchev–Trinajstić information content (AvgIpc) is 2.89. The molecule has 2 fully saturated rings. The third-order valence-corrected chi connectivity index (χ3v) is 4.79. The number of alkyl halides is 3. The summed E-state index contributed by atoms with van der Waals surface area (Å²) in [4.78, 5) is 16.7. The van der Waals surface area contributed by atoms with Crippen molar-refractivity contribution in [2.24, 2.45) is 0 Å². The maximum Gasteiger partial charge on any atom is 0.416 e. The third kappa shape index (κ3) is 4.01. The predicted molar refractivity (Wildman–Crippen MR) is 85.7 cm³/mol. The minimum Gasteiger partial charge on any atom is -0.376 e. The molecule has 0 radical (unpaired) electrons. The minimum absolute atomic E-state index is 0.0219. The molecule has 0 aromatic heterocycles. The van der Waals surface area contributed by atoms with E-state index in [0.717, 1.165) is 51.2 Å². The Balaban J connectivity index is 1.57. The van der Waals surface area contributed by atoms with Crippen molar-refractivity contribution in [3.05, 3.63) is 29.8 Å². The van der Waals surface area contributed by atoms with Gasteiger partial charge in [-0.25, -0.2) is 0 Å². The Morgan fingerprint density at radius 1 is 1.21 bits per heavy atom. The van der Waals surface area contributed by atoms with Gasteiger partial charge in [0, 0.05) is 31.4 Å². The summed E-state index contributed by atoms with van der Waals surface area (Å²) in [6.07, 6.45) is -1.13. The first-order valence-electron chi connectivity index (χ1n) is 8.36. The molecule has 2 aliphatic rings. The molecule has 24 heavy (non-hydrogen) atoms. The molecule has 4 nitrogen and oxygen atoms in total. The zero-order chi connectivity index (χ0) is 17.2. The topological polar surface area (TPSA) is 35.6 Å². The Bertz CT molecular complexity index is 591. The lowest BCUT2D eigenvalue weighted by Gasteiger charge is -2.26. The molecule has 0 spiro atoms. The van der Waals surface area contributed by atoms with Crippen molar-refractivity contribution in [3.63, 3.8) is 0 Å². The number of hydrogen-bond donors (Lipinski definition) is 1. The van der Waals surface area contributed by atoms with Crippen LogP contribution >= 0.6 is 0 Å². The number of benzene rings is 1. The van der Waals surface area contributed by atoms with Crippen LogP contribution in [-0.4, -0.2) is 54.5 Å². The van der Waals surface area contributed by atoms with Crippen LogP contribution in [0.4, 0.5) is 18.9 Å². The summed E-state index contributed by atoms with van der Waals surface area (Å²) in [5.41, 5.74) is -0.396. The van der Waals surface area contributed by atoms with E-state index < -0.39 is 11.7 Å². The summed E-state index contributed by atoms with van der Waals surface area (Å²) < 4.78 is 38.2. The SMILES string of the molecule is O=C(CNc1cccc(C(F)(F)F)c1)N1CCCN2CCC[C@H]2C1. The van der Waals surface area contributed by atoms with Gasteiger partial charge in [-0.1, -0.05) is 6.07 Å². The Kier molecular flexibility index (Phi) is 4.99. The lowest BCUT2D eigenvalue weighted by Crippen LogP contribution is -2.41. The molecule has 1 atom stereocenters. The van der Waals surface area contributed by atoms with Gasteiger partial charge >= 0.3 is 6.18 Å². The molecule has 1 amide bonds. The smallest absolute Gasteiger partial charge is 0.376 e. The summed E-state index contributed by atoms with van der Waals surface area (Å²) in [6, 6.07) is 5.39. The predicted octanol–water partition coefficient (Wildman–Crippen LogP) is 2.81. The average molecular weight is 341 g/mol. The van der Waals surface area contributed by atoms with E-state index in [4.69, 9.17) is 0 Å². The second kappa shape index (κ2) is 7.01. The van der Waals surface area contributed by atoms with E-state index in [1.807, 2.05) is 4.90 Å². The second-order valence-corrected chi connectivity index (χ2v) is 6.46. The van der Waals surface area contributed by atoms with E-state index in [2.05, 4.69) is 10.2 Å². The van der Waals surface area contributed by atoms with Crippen molar-refractivity contribution in [1.82, 2.24) is 9.80 Å². The quantitative estimate of drug-likeness (QED) is 0.918. The maximum absolute atomic E-state index is 12.7. The van der Waals surface area contributed by atoms with Gasteiger partial charge in [0.2, 0.25) is 5.91 Å². The summed E-state index contributed by atoms with van der Waals surface area (Å²) in [6.45, 7) is 3.60. The first-order valence-corrected chi connectivity index (χ1v) is 8.36. The number of fused-ring (bicyclic) bond motifs is 1. The number of carbonyl (C=O) groups excluding carboxylic acids is 1. The van der Waals surface area contributed by atoms with Crippen LogP contribution in [0.5, 0.6) is 0 Å². The molecule has 2 heterocycles. The molecule has 0 unspecified atom stereocenters. The Labute approximate surface area is 139 Å². The highest BCUT2D eigenvalue weighted by molar-refractivity contribution is 5.81. The molecule has 0 saturated carbocycles. The van der Waals surface area contributed by atoms with Crippen molar-refractivity contribution in [2.75, 3.05) is 38.0 Å². The molecule has 1 aromatic carbocycles. The number of halogens is 3. The van der Waals surface area contributed by atoms with E-state index in [1.54, 1.807) is 6.07 Å². The molecular formula is C17H22F3N3O. The summed E-state index contributed by atoms with van der Waals surface area (Å²) in [5, 5.41) is 2.83. The third-order valence-electron chi connectivity index (χ3n) is 4.79. The monoisotopic (exact) mass is 341 g/mol. The van der Waals surface area contributed by atoms with Crippen molar-refractivity contribution in [1.29, 1.82) is 0 Å². The normalized spacial score (nSPS) is 22.1. The van der Waals surface area contributed by atoms with Crippen LogP contribution < -0.4 is 5.32 Å². The van der Waals surface area contributed by atoms with Crippen LogP contribution in [0.15, 0.2) is 24.3 Å². The molecular weight excluding hydrogens is 319 g/mol. The first-order chi connectivity index (χ1) is 11.4. The largest absolute Gasteiger partial charge is 0.416 e. The number of nitrogens with one attached hydrogen (secondary N) is 1. The van der Waals surface area contributed by atoms with Crippen molar-refractivity contribution in [2.45, 2.75) is 31.5 Å². The molecule has 2 aliphatic heterocycles. The molecule has 3 rings (SSSR count). The highest BCUT2D eigenvalue weighted by atomic mass is 19.4. The number of hydrogen-bond acceptors (Lipinski definition) is 3. The molecule has 132 valence electrons. The number of rotatable bonds is 3. The van der Waals surface area contributed by atoms with Crippen molar-refractivity contribution >= 4 is 11.6 Å². The van der Waals surface area contributed by atoms with E-state index in [0.29, 0.717) is 11.7 Å². The van der Waals surface area contributed by atoms with Gasteiger partial charge in [-0.2, -0.15) is 13.2 Å². The maximum atomic E-state index is 12.7. The van der Waals surface area contributed by atoms with Gasteiger partial charge in [-0.15, -0.1) is 0 Å². The van der Waals surface area contributed by atoms with Crippen LogP contribution in [0.2, 0.25) is 0 Å². The highest BCUT2D eigenvalue weighted by Crippen LogP contribution is 2.30. The Morgan fingerprint density at radius 3 is 2.79 bits per heavy atom. The zero-order valence-electron chi connectivity index (χ0n) is 13.5. The molecule has 0 bridgehead atoms. The fraction of sp³-hybridized carbons (Fsp3) is 0.588. The van der Waals surface area contributed by atoms with Crippen molar-refractivity contribution in [3.8, 4) is 0 Å². The van der Waals surface area contributed by atoms with Gasteiger partial charge in [-0.05, 0) is 44.0 Å². The van der Waals surface area contributed by atoms with Crippen LogP contribution in [-0.2, 0) is 11.0 Å². The van der Waals surface area contributed by atoms with Crippen LogP contribution in [0.1, 0.15) is 24.8 Å². The summed E-state index contributed by atoms with van der Waals surface area (Å²) in [5.74, 6) is -0.0545. The minimum atomic E-state index is -4.38. The molecule has 7 heteroatoms. The lowest BCUT2D eigenvalue weighted by molar-refractivity contribution is -0.137. The standard InChI is InChI=1S/C17H22F3N3O/c18-17(19,20)13-4-1-5-14(10-13)21-11-16(24)23-9-3-8-22-7-2-6-15(22)12-23/h1,4-5,10,15,21H,2-3,6-9,11-12H2/t15-/m0/s1. The van der Waals surface area contributed by atoms with E-state index >= 15 is 0 Å².